The first-order valence-electron chi connectivity index (χ1n) is 6.63. The van der Waals surface area contributed by atoms with Crippen LogP contribution in [0.15, 0.2) is 42.5 Å². The lowest BCUT2D eigenvalue weighted by Gasteiger charge is -2.14. The second-order valence-corrected chi connectivity index (χ2v) is 5.12. The van der Waals surface area contributed by atoms with Crippen LogP contribution in [0, 0.1) is 6.92 Å². The number of rotatable bonds is 2. The summed E-state index contributed by atoms with van der Waals surface area (Å²) in [5, 5.41) is 3.34. The molecule has 21 heavy (non-hydrogen) atoms. The number of anilines is 1. The Kier molecular flexibility index (Phi) is 3.27. The zero-order chi connectivity index (χ0) is 15.0. The molecule has 0 amide bonds. The van der Waals surface area contributed by atoms with Gasteiger partial charge in [0, 0.05) is 5.69 Å². The van der Waals surface area contributed by atoms with E-state index in [4.69, 9.17) is 0 Å². The number of alkyl halides is 3. The van der Waals surface area contributed by atoms with Gasteiger partial charge in [0.1, 0.15) is 5.75 Å². The fourth-order valence-corrected chi connectivity index (χ4v) is 2.70. The first kappa shape index (κ1) is 13.8. The van der Waals surface area contributed by atoms with Gasteiger partial charge < -0.3 is 10.1 Å². The number of fused-ring (bicyclic) bond motifs is 1. The lowest BCUT2D eigenvalue weighted by molar-refractivity contribution is -0.274. The molecule has 0 aliphatic carbocycles. The lowest BCUT2D eigenvalue weighted by atomic mass is 9.99. The van der Waals surface area contributed by atoms with Gasteiger partial charge in [-0.15, -0.1) is 13.2 Å². The van der Waals surface area contributed by atoms with Crippen LogP contribution in [0.5, 0.6) is 5.75 Å². The Balaban J connectivity index is 1.83. The highest BCUT2D eigenvalue weighted by molar-refractivity contribution is 5.60. The molecule has 1 atom stereocenters. The molecule has 0 bridgehead atoms. The standard InChI is InChI=1S/C16H14F3NO/c1-10-4-2-3-5-13(10)15-9-11-8-12(21-16(17,18)19)6-7-14(11)20-15/h2-8,15,20H,9H2,1H3. The molecule has 0 spiro atoms. The van der Waals surface area contributed by atoms with E-state index in [2.05, 4.69) is 10.1 Å². The molecule has 0 saturated heterocycles. The highest BCUT2D eigenvalue weighted by Gasteiger charge is 2.32. The number of aryl methyl sites for hydroxylation is 1. The Morgan fingerprint density at radius 3 is 2.62 bits per heavy atom. The third-order valence-electron chi connectivity index (χ3n) is 3.63. The first-order chi connectivity index (χ1) is 9.92. The minimum absolute atomic E-state index is 0.0855. The number of benzene rings is 2. The van der Waals surface area contributed by atoms with Crippen LogP contribution in [-0.4, -0.2) is 6.36 Å². The van der Waals surface area contributed by atoms with Crippen LogP contribution < -0.4 is 10.1 Å². The van der Waals surface area contributed by atoms with Crippen molar-refractivity contribution in [2.75, 3.05) is 5.32 Å². The Bertz CT molecular complexity index is 667. The summed E-state index contributed by atoms with van der Waals surface area (Å²) in [6.45, 7) is 2.03. The van der Waals surface area contributed by atoms with Gasteiger partial charge >= 0.3 is 6.36 Å². The van der Waals surface area contributed by atoms with Crippen LogP contribution in [0.1, 0.15) is 22.7 Å². The van der Waals surface area contributed by atoms with E-state index >= 15 is 0 Å². The molecule has 1 N–H and O–H groups in total. The van der Waals surface area contributed by atoms with E-state index in [0.717, 1.165) is 22.4 Å². The number of ether oxygens (including phenoxy) is 1. The van der Waals surface area contributed by atoms with Crippen LogP contribution in [0.4, 0.5) is 18.9 Å². The Hall–Kier alpha value is -2.17. The van der Waals surface area contributed by atoms with Gasteiger partial charge in [0.2, 0.25) is 0 Å². The summed E-state index contributed by atoms with van der Waals surface area (Å²) in [4.78, 5) is 0. The minimum Gasteiger partial charge on any atom is -0.406 e. The van der Waals surface area contributed by atoms with E-state index in [9.17, 15) is 13.2 Å². The summed E-state index contributed by atoms with van der Waals surface area (Å²) < 4.78 is 40.7. The number of hydrogen-bond donors (Lipinski definition) is 1. The van der Waals surface area contributed by atoms with E-state index in [1.165, 1.54) is 12.1 Å². The normalized spacial score (nSPS) is 17.2. The summed E-state index contributed by atoms with van der Waals surface area (Å²) in [6, 6.07) is 12.5. The van der Waals surface area contributed by atoms with Crippen molar-refractivity contribution in [2.24, 2.45) is 0 Å². The molecule has 2 aromatic rings. The van der Waals surface area contributed by atoms with Crippen molar-refractivity contribution >= 4 is 5.69 Å². The molecular formula is C16H14F3NO. The molecule has 5 heteroatoms. The molecule has 1 aliphatic heterocycles. The molecule has 110 valence electrons. The topological polar surface area (TPSA) is 21.3 Å². The highest BCUT2D eigenvalue weighted by atomic mass is 19.4. The van der Waals surface area contributed by atoms with Gasteiger partial charge in [-0.05, 0) is 48.2 Å². The number of halogens is 3. The van der Waals surface area contributed by atoms with Gasteiger partial charge in [-0.3, -0.25) is 0 Å². The van der Waals surface area contributed by atoms with E-state index in [0.29, 0.717) is 6.42 Å². The average molecular weight is 293 g/mol. The van der Waals surface area contributed by atoms with Crippen molar-refractivity contribution in [1.82, 2.24) is 0 Å². The summed E-state index contributed by atoms with van der Waals surface area (Å²) in [5.74, 6) is -0.173. The fraction of sp³-hybridized carbons (Fsp3) is 0.250. The summed E-state index contributed by atoms with van der Waals surface area (Å²) in [6.07, 6.45) is -4.01. The largest absolute Gasteiger partial charge is 0.573 e. The van der Waals surface area contributed by atoms with Crippen LogP contribution in [0.25, 0.3) is 0 Å². The molecule has 0 radical (unpaired) electrons. The molecule has 3 rings (SSSR count). The van der Waals surface area contributed by atoms with Crippen molar-refractivity contribution in [2.45, 2.75) is 25.7 Å². The van der Waals surface area contributed by atoms with Gasteiger partial charge in [0.05, 0.1) is 6.04 Å². The maximum absolute atomic E-state index is 12.2. The summed E-state index contributed by atoms with van der Waals surface area (Å²) >= 11 is 0. The average Bonchev–Trinajstić information content (AvgIpc) is 2.80. The summed E-state index contributed by atoms with van der Waals surface area (Å²) in [5.41, 5.74) is 4.02. The van der Waals surface area contributed by atoms with E-state index in [1.807, 2.05) is 31.2 Å². The molecule has 0 saturated carbocycles. The van der Waals surface area contributed by atoms with Crippen molar-refractivity contribution in [3.05, 3.63) is 59.2 Å². The van der Waals surface area contributed by atoms with Crippen molar-refractivity contribution in [3.8, 4) is 5.75 Å². The summed E-state index contributed by atoms with van der Waals surface area (Å²) in [7, 11) is 0. The van der Waals surface area contributed by atoms with Crippen LogP contribution >= 0.6 is 0 Å². The fourth-order valence-electron chi connectivity index (χ4n) is 2.70. The number of hydrogen-bond acceptors (Lipinski definition) is 2. The first-order valence-corrected chi connectivity index (χ1v) is 6.63. The molecule has 2 aromatic carbocycles. The molecule has 2 nitrogen and oxygen atoms in total. The maximum Gasteiger partial charge on any atom is 0.573 e. The van der Waals surface area contributed by atoms with Gasteiger partial charge in [0.15, 0.2) is 0 Å². The zero-order valence-corrected chi connectivity index (χ0v) is 11.4. The molecule has 0 aromatic heterocycles. The van der Waals surface area contributed by atoms with Crippen LogP contribution in [-0.2, 0) is 6.42 Å². The predicted molar refractivity (Wildman–Crippen MR) is 74.4 cm³/mol. The molecule has 1 unspecified atom stereocenters. The number of nitrogens with one attached hydrogen (secondary N) is 1. The van der Waals surface area contributed by atoms with Gasteiger partial charge in [0.25, 0.3) is 0 Å². The smallest absolute Gasteiger partial charge is 0.406 e. The van der Waals surface area contributed by atoms with Crippen molar-refractivity contribution in [1.29, 1.82) is 0 Å². The Labute approximate surface area is 120 Å². The van der Waals surface area contributed by atoms with Crippen molar-refractivity contribution in [3.63, 3.8) is 0 Å². The zero-order valence-electron chi connectivity index (χ0n) is 11.4. The molecule has 1 heterocycles. The minimum atomic E-state index is -4.66. The second-order valence-electron chi connectivity index (χ2n) is 5.12. The second kappa shape index (κ2) is 4.98. The monoisotopic (exact) mass is 293 g/mol. The van der Waals surface area contributed by atoms with E-state index in [1.54, 1.807) is 6.07 Å². The molecular weight excluding hydrogens is 279 g/mol. The van der Waals surface area contributed by atoms with E-state index < -0.39 is 6.36 Å². The van der Waals surface area contributed by atoms with Crippen LogP contribution in [0.2, 0.25) is 0 Å². The highest BCUT2D eigenvalue weighted by Crippen LogP contribution is 2.38. The van der Waals surface area contributed by atoms with Gasteiger partial charge in [-0.1, -0.05) is 24.3 Å². The van der Waals surface area contributed by atoms with Crippen LogP contribution in [0.3, 0.4) is 0 Å². The molecule has 0 fully saturated rings. The Morgan fingerprint density at radius 1 is 1.14 bits per heavy atom. The Morgan fingerprint density at radius 2 is 1.90 bits per heavy atom. The quantitative estimate of drug-likeness (QED) is 0.873. The third kappa shape index (κ3) is 2.96. The van der Waals surface area contributed by atoms with Gasteiger partial charge in [-0.2, -0.15) is 0 Å². The van der Waals surface area contributed by atoms with Gasteiger partial charge in [-0.25, -0.2) is 0 Å². The predicted octanol–water partition coefficient (Wildman–Crippen LogP) is 4.60. The van der Waals surface area contributed by atoms with Crippen molar-refractivity contribution < 1.29 is 17.9 Å². The SMILES string of the molecule is Cc1ccccc1C1Cc2cc(OC(F)(F)F)ccc2N1. The maximum atomic E-state index is 12.2. The molecule has 1 aliphatic rings. The third-order valence-corrected chi connectivity index (χ3v) is 3.63. The van der Waals surface area contributed by atoms with E-state index in [-0.39, 0.29) is 11.8 Å². The lowest BCUT2D eigenvalue weighted by Crippen LogP contribution is -2.17.